The largest absolute Gasteiger partial charge is 0.468 e. The van der Waals surface area contributed by atoms with Crippen molar-refractivity contribution < 1.29 is 13.7 Å². The highest BCUT2D eigenvalue weighted by molar-refractivity contribution is 7.87. The van der Waals surface area contributed by atoms with Crippen LogP contribution in [-0.2, 0) is 20.3 Å². The van der Waals surface area contributed by atoms with Crippen molar-refractivity contribution in [2.45, 2.75) is 28.9 Å². The van der Waals surface area contributed by atoms with Gasteiger partial charge < -0.3 is 4.74 Å². The molecule has 1 fully saturated rings. The van der Waals surface area contributed by atoms with Gasteiger partial charge in [0.15, 0.2) is 4.75 Å². The molecule has 22 heavy (non-hydrogen) atoms. The first kappa shape index (κ1) is 15.0. The van der Waals surface area contributed by atoms with Crippen molar-refractivity contribution in [3.8, 4) is 0 Å². The Labute approximate surface area is 132 Å². The first-order valence-electron chi connectivity index (χ1n) is 7.21. The van der Waals surface area contributed by atoms with Crippen molar-refractivity contribution in [3.05, 3.63) is 65.7 Å². The van der Waals surface area contributed by atoms with E-state index < -0.39 is 15.5 Å². The summed E-state index contributed by atoms with van der Waals surface area (Å²) in [6.07, 6.45) is 0.560. The summed E-state index contributed by atoms with van der Waals surface area (Å²) in [4.78, 5) is 13.0. The third kappa shape index (κ3) is 2.37. The van der Waals surface area contributed by atoms with E-state index >= 15 is 0 Å². The van der Waals surface area contributed by atoms with Gasteiger partial charge in [0.25, 0.3) is 0 Å². The number of carbonyl (C=O) groups excluding carboxylic acids is 1. The first-order chi connectivity index (χ1) is 10.6. The van der Waals surface area contributed by atoms with E-state index in [1.807, 2.05) is 49.4 Å². The van der Waals surface area contributed by atoms with Crippen molar-refractivity contribution in [1.29, 1.82) is 0 Å². The van der Waals surface area contributed by atoms with Gasteiger partial charge in [-0.2, -0.15) is 0 Å². The molecule has 3 atom stereocenters. The summed E-state index contributed by atoms with van der Waals surface area (Å²) in [5.74, 6) is -0.443. The van der Waals surface area contributed by atoms with Gasteiger partial charge in [0.2, 0.25) is 0 Å². The van der Waals surface area contributed by atoms with E-state index in [4.69, 9.17) is 4.74 Å². The van der Waals surface area contributed by atoms with Crippen LogP contribution in [0.15, 0.2) is 59.5 Å². The molecule has 0 aromatic heterocycles. The van der Waals surface area contributed by atoms with E-state index in [2.05, 4.69) is 0 Å². The molecule has 0 amide bonds. The van der Waals surface area contributed by atoms with Crippen LogP contribution < -0.4 is 0 Å². The minimum Gasteiger partial charge on any atom is -0.468 e. The van der Waals surface area contributed by atoms with E-state index in [1.54, 1.807) is 12.1 Å². The van der Waals surface area contributed by atoms with Crippen LogP contribution in [0, 0.1) is 6.92 Å². The van der Waals surface area contributed by atoms with Crippen LogP contribution in [0.2, 0.25) is 0 Å². The van der Waals surface area contributed by atoms with E-state index in [9.17, 15) is 9.00 Å². The lowest BCUT2D eigenvalue weighted by Gasteiger charge is -2.15. The Morgan fingerprint density at radius 3 is 2.36 bits per heavy atom. The Hall–Kier alpha value is -1.94. The van der Waals surface area contributed by atoms with Crippen LogP contribution in [0.3, 0.4) is 0 Å². The minimum atomic E-state index is -1.42. The van der Waals surface area contributed by atoms with Gasteiger partial charge in [-0.15, -0.1) is 0 Å². The molecule has 0 spiro atoms. The highest BCUT2D eigenvalue weighted by Crippen LogP contribution is 2.57. The highest BCUT2D eigenvalue weighted by atomic mass is 32.2. The first-order valence-corrected chi connectivity index (χ1v) is 8.36. The third-order valence-electron chi connectivity index (χ3n) is 4.21. The van der Waals surface area contributed by atoms with Crippen LogP contribution >= 0.6 is 0 Å². The van der Waals surface area contributed by atoms with Gasteiger partial charge >= 0.3 is 5.97 Å². The summed E-state index contributed by atoms with van der Waals surface area (Å²) in [6, 6.07) is 17.2. The Morgan fingerprint density at radius 1 is 1.14 bits per heavy atom. The zero-order valence-electron chi connectivity index (χ0n) is 12.6. The molecule has 1 aliphatic rings. The Morgan fingerprint density at radius 2 is 1.77 bits per heavy atom. The summed E-state index contributed by atoms with van der Waals surface area (Å²) in [7, 11) is -0.0651. The fourth-order valence-corrected chi connectivity index (χ4v) is 4.64. The monoisotopic (exact) mass is 314 g/mol. The van der Waals surface area contributed by atoms with Crippen molar-refractivity contribution >= 4 is 16.8 Å². The van der Waals surface area contributed by atoms with Crippen LogP contribution in [0.5, 0.6) is 0 Å². The van der Waals surface area contributed by atoms with Crippen molar-refractivity contribution in [2.24, 2.45) is 0 Å². The Balaban J connectivity index is 1.97. The van der Waals surface area contributed by atoms with E-state index in [-0.39, 0.29) is 11.9 Å². The Bertz CT molecular complexity index is 709. The van der Waals surface area contributed by atoms with Crippen LogP contribution in [0.4, 0.5) is 0 Å². The van der Waals surface area contributed by atoms with Crippen molar-refractivity contribution in [3.63, 3.8) is 0 Å². The lowest BCUT2D eigenvalue weighted by atomic mass is 10.1. The molecule has 0 radical (unpaired) electrons. The standard InChI is InChI=1S/C18H18O3S/c1-13-8-10-14(11-9-13)16-12-18(16,17(19)21-2)22(20)15-6-4-3-5-7-15/h3-11,16H,12H2,1-2H3. The molecule has 1 saturated carbocycles. The van der Waals surface area contributed by atoms with Crippen LogP contribution in [0.1, 0.15) is 23.5 Å². The van der Waals surface area contributed by atoms with Gasteiger partial charge in [-0.3, -0.25) is 9.00 Å². The summed E-state index contributed by atoms with van der Waals surface area (Å²) in [6.45, 7) is 2.02. The van der Waals surface area contributed by atoms with E-state index in [0.29, 0.717) is 11.3 Å². The molecule has 4 heteroatoms. The molecule has 0 aliphatic heterocycles. The number of aryl methyl sites for hydroxylation is 1. The lowest BCUT2D eigenvalue weighted by Crippen LogP contribution is -2.31. The van der Waals surface area contributed by atoms with Gasteiger partial charge in [-0.1, -0.05) is 48.0 Å². The average Bonchev–Trinajstić information content (AvgIpc) is 3.31. The summed E-state index contributed by atoms with van der Waals surface area (Å²) in [5, 5.41) is 0. The molecular weight excluding hydrogens is 296 g/mol. The summed E-state index contributed by atoms with van der Waals surface area (Å²) < 4.78 is 17.0. The predicted molar refractivity (Wildman–Crippen MR) is 86.1 cm³/mol. The quantitative estimate of drug-likeness (QED) is 0.814. The molecule has 3 unspecified atom stereocenters. The maximum absolute atomic E-state index is 13.0. The van der Waals surface area contributed by atoms with Crippen molar-refractivity contribution in [1.82, 2.24) is 0 Å². The topological polar surface area (TPSA) is 43.4 Å². The molecule has 0 heterocycles. The van der Waals surface area contributed by atoms with Gasteiger partial charge in [0, 0.05) is 10.8 Å². The fraction of sp³-hybridized carbons (Fsp3) is 0.278. The summed E-state index contributed by atoms with van der Waals surface area (Å²) >= 11 is 0. The fourth-order valence-electron chi connectivity index (χ4n) is 2.86. The Kier molecular flexibility index (Phi) is 3.87. The average molecular weight is 314 g/mol. The second-order valence-electron chi connectivity index (χ2n) is 5.63. The second kappa shape index (κ2) is 5.69. The lowest BCUT2D eigenvalue weighted by molar-refractivity contribution is -0.141. The molecule has 2 aromatic carbocycles. The number of carbonyl (C=O) groups is 1. The smallest absolute Gasteiger partial charge is 0.325 e. The SMILES string of the molecule is COC(=O)C1(S(=O)c2ccccc2)CC1c1ccc(C)cc1. The van der Waals surface area contributed by atoms with Crippen LogP contribution in [0.25, 0.3) is 0 Å². The maximum Gasteiger partial charge on any atom is 0.325 e. The number of esters is 1. The number of methoxy groups -OCH3 is 1. The number of hydrogen-bond acceptors (Lipinski definition) is 3. The molecule has 2 aromatic rings. The number of rotatable bonds is 4. The molecule has 0 saturated heterocycles. The maximum atomic E-state index is 13.0. The minimum absolute atomic E-state index is 0.0541. The second-order valence-corrected chi connectivity index (χ2v) is 7.37. The van der Waals surface area contributed by atoms with Crippen molar-refractivity contribution in [2.75, 3.05) is 7.11 Å². The number of ether oxygens (including phenoxy) is 1. The van der Waals surface area contributed by atoms with Gasteiger partial charge in [0.05, 0.1) is 17.9 Å². The highest BCUT2D eigenvalue weighted by Gasteiger charge is 2.66. The van der Waals surface area contributed by atoms with Gasteiger partial charge in [-0.05, 0) is 31.0 Å². The van der Waals surface area contributed by atoms with E-state index in [1.165, 1.54) is 7.11 Å². The molecule has 0 bridgehead atoms. The van der Waals surface area contributed by atoms with Crippen LogP contribution in [-0.4, -0.2) is 22.0 Å². The van der Waals surface area contributed by atoms with E-state index in [0.717, 1.165) is 11.1 Å². The van der Waals surface area contributed by atoms with Gasteiger partial charge in [0.1, 0.15) is 0 Å². The molecule has 0 N–H and O–H groups in total. The molecule has 3 rings (SSSR count). The third-order valence-corrected chi connectivity index (χ3v) is 6.19. The normalized spacial score (nSPS) is 24.5. The molecule has 3 nitrogen and oxygen atoms in total. The number of hydrogen-bond donors (Lipinski definition) is 0. The predicted octanol–water partition coefficient (Wildman–Crippen LogP) is 3.20. The van der Waals surface area contributed by atoms with Gasteiger partial charge in [-0.25, -0.2) is 0 Å². The molecular formula is C18H18O3S. The number of benzene rings is 2. The molecule has 114 valence electrons. The summed E-state index contributed by atoms with van der Waals surface area (Å²) in [5.41, 5.74) is 2.21. The molecule has 1 aliphatic carbocycles. The zero-order chi connectivity index (χ0) is 15.7. The zero-order valence-corrected chi connectivity index (χ0v) is 13.4.